The number of hydrogen-bond acceptors (Lipinski definition) is 2. The highest BCUT2D eigenvalue weighted by atomic mass is 15.1. The van der Waals surface area contributed by atoms with Crippen LogP contribution in [-0.2, 0) is 6.42 Å². The molecule has 0 aliphatic carbocycles. The van der Waals surface area contributed by atoms with Crippen molar-refractivity contribution in [2.24, 2.45) is 0 Å². The fraction of sp³-hybridized carbons (Fsp3) is 0.625. The van der Waals surface area contributed by atoms with E-state index in [-0.39, 0.29) is 0 Å². The Hall–Kier alpha value is -0.860. The first-order valence-corrected chi connectivity index (χ1v) is 7.12. The van der Waals surface area contributed by atoms with Crippen molar-refractivity contribution in [3.05, 3.63) is 35.9 Å². The van der Waals surface area contributed by atoms with Crippen molar-refractivity contribution < 1.29 is 0 Å². The van der Waals surface area contributed by atoms with Gasteiger partial charge in [-0.1, -0.05) is 36.8 Å². The summed E-state index contributed by atoms with van der Waals surface area (Å²) in [6, 6.07) is 11.4. The van der Waals surface area contributed by atoms with Gasteiger partial charge in [0.1, 0.15) is 0 Å². The van der Waals surface area contributed by atoms with Crippen LogP contribution in [0, 0.1) is 0 Å². The van der Waals surface area contributed by atoms with Crippen LogP contribution in [0.1, 0.15) is 31.7 Å². The summed E-state index contributed by atoms with van der Waals surface area (Å²) in [7, 11) is 4.26. The van der Waals surface area contributed by atoms with Crippen LogP contribution in [0.25, 0.3) is 0 Å². The molecule has 0 bridgehead atoms. The Kier molecular flexibility index (Phi) is 7.70. The van der Waals surface area contributed by atoms with E-state index >= 15 is 0 Å². The fourth-order valence-corrected chi connectivity index (χ4v) is 2.05. The number of unbranched alkanes of at least 4 members (excludes halogenated alkanes) is 1. The monoisotopic (exact) mass is 248 g/mol. The highest BCUT2D eigenvalue weighted by Gasteiger charge is 2.01. The van der Waals surface area contributed by atoms with Crippen LogP contribution >= 0.6 is 0 Å². The van der Waals surface area contributed by atoms with Gasteiger partial charge in [-0.25, -0.2) is 0 Å². The van der Waals surface area contributed by atoms with Gasteiger partial charge in [0.05, 0.1) is 0 Å². The average Bonchev–Trinajstić information content (AvgIpc) is 2.42. The lowest BCUT2D eigenvalue weighted by Crippen LogP contribution is -2.24. The van der Waals surface area contributed by atoms with Crippen LogP contribution in [0.15, 0.2) is 30.3 Å². The van der Waals surface area contributed by atoms with Gasteiger partial charge >= 0.3 is 0 Å². The van der Waals surface area contributed by atoms with Crippen molar-refractivity contribution in [3.63, 3.8) is 0 Å². The summed E-state index contributed by atoms with van der Waals surface area (Å²) in [6.45, 7) is 4.62. The minimum absolute atomic E-state index is 0.652. The van der Waals surface area contributed by atoms with E-state index in [2.05, 4.69) is 54.5 Å². The number of hydrogen-bond donors (Lipinski definition) is 1. The molecule has 0 aromatic heterocycles. The average molecular weight is 248 g/mol. The molecule has 0 saturated heterocycles. The molecule has 18 heavy (non-hydrogen) atoms. The van der Waals surface area contributed by atoms with Crippen LogP contribution in [0.4, 0.5) is 0 Å². The third-order valence-corrected chi connectivity index (χ3v) is 3.54. The van der Waals surface area contributed by atoms with Gasteiger partial charge in [0.15, 0.2) is 0 Å². The van der Waals surface area contributed by atoms with Crippen molar-refractivity contribution in [2.75, 3.05) is 27.2 Å². The Morgan fingerprint density at radius 1 is 1.11 bits per heavy atom. The molecule has 102 valence electrons. The molecule has 2 nitrogen and oxygen atoms in total. The second-order valence-electron chi connectivity index (χ2n) is 5.22. The molecule has 0 aliphatic rings. The van der Waals surface area contributed by atoms with Gasteiger partial charge in [-0.15, -0.1) is 0 Å². The first-order chi connectivity index (χ1) is 8.72. The maximum Gasteiger partial charge on any atom is 0.00357 e. The summed E-state index contributed by atoms with van der Waals surface area (Å²) >= 11 is 0. The third-order valence-electron chi connectivity index (χ3n) is 3.54. The number of nitrogens with zero attached hydrogens (tertiary/aromatic N) is 1. The lowest BCUT2D eigenvalue weighted by Gasteiger charge is -2.17. The molecule has 0 fully saturated rings. The van der Waals surface area contributed by atoms with Crippen molar-refractivity contribution in [2.45, 2.75) is 38.6 Å². The molecule has 0 amide bonds. The second-order valence-corrected chi connectivity index (χ2v) is 5.22. The minimum atomic E-state index is 0.652. The summed E-state index contributed by atoms with van der Waals surface area (Å²) in [5.41, 5.74) is 1.44. The van der Waals surface area contributed by atoms with Gasteiger partial charge in [0.25, 0.3) is 0 Å². The molecule has 1 aromatic carbocycles. The summed E-state index contributed by atoms with van der Waals surface area (Å²) in [4.78, 5) is 2.44. The fourth-order valence-electron chi connectivity index (χ4n) is 2.05. The molecular formula is C16H28N2. The van der Waals surface area contributed by atoms with Crippen molar-refractivity contribution in [3.8, 4) is 0 Å². The van der Waals surface area contributed by atoms with Crippen molar-refractivity contribution in [1.29, 1.82) is 0 Å². The predicted molar refractivity (Wildman–Crippen MR) is 80.0 cm³/mol. The van der Waals surface area contributed by atoms with Gasteiger partial charge in [0.2, 0.25) is 0 Å². The zero-order valence-electron chi connectivity index (χ0n) is 12.2. The molecule has 0 spiro atoms. The highest BCUT2D eigenvalue weighted by molar-refractivity contribution is 5.14. The molecule has 1 N–H and O–H groups in total. The molecule has 0 saturated carbocycles. The van der Waals surface area contributed by atoms with Gasteiger partial charge in [-0.3, -0.25) is 0 Å². The summed E-state index contributed by atoms with van der Waals surface area (Å²) in [5.74, 6) is 0. The number of likely N-dealkylation sites (N-methyl/N-ethyl adjacent to an activating group) is 1. The van der Waals surface area contributed by atoms with Crippen LogP contribution < -0.4 is 5.32 Å². The highest BCUT2D eigenvalue weighted by Crippen LogP contribution is 2.03. The predicted octanol–water partition coefficient (Wildman–Crippen LogP) is 2.94. The molecule has 2 heteroatoms. The first-order valence-electron chi connectivity index (χ1n) is 7.12. The largest absolute Gasteiger partial charge is 0.317 e. The molecule has 1 atom stereocenters. The summed E-state index contributed by atoms with van der Waals surface area (Å²) in [5, 5.41) is 3.29. The maximum absolute atomic E-state index is 3.29. The van der Waals surface area contributed by atoms with Crippen LogP contribution in [-0.4, -0.2) is 38.1 Å². The van der Waals surface area contributed by atoms with Gasteiger partial charge < -0.3 is 10.2 Å². The Balaban J connectivity index is 2.05. The standard InChI is InChI=1S/C16H28N2/c1-15(17-2)9-7-8-13-18(3)14-12-16-10-5-4-6-11-16/h4-6,10-11,15,17H,7-9,12-14H2,1-3H3. The third kappa shape index (κ3) is 6.77. The summed E-state index contributed by atoms with van der Waals surface area (Å²) in [6.07, 6.45) is 5.06. The molecular weight excluding hydrogens is 220 g/mol. The first kappa shape index (κ1) is 15.2. The normalized spacial score (nSPS) is 12.9. The number of rotatable bonds is 9. The Labute approximate surface area is 112 Å². The molecule has 1 rings (SSSR count). The minimum Gasteiger partial charge on any atom is -0.317 e. The van der Waals surface area contributed by atoms with Crippen LogP contribution in [0.5, 0.6) is 0 Å². The Bertz CT molecular complexity index is 297. The zero-order chi connectivity index (χ0) is 13.2. The quantitative estimate of drug-likeness (QED) is 0.676. The van der Waals surface area contributed by atoms with E-state index in [1.165, 1.54) is 31.4 Å². The zero-order valence-corrected chi connectivity index (χ0v) is 12.2. The number of nitrogens with one attached hydrogen (secondary N) is 1. The van der Waals surface area contributed by atoms with Gasteiger partial charge in [-0.05, 0) is 52.4 Å². The van der Waals surface area contributed by atoms with E-state index in [4.69, 9.17) is 0 Å². The lowest BCUT2D eigenvalue weighted by molar-refractivity contribution is 0.325. The topological polar surface area (TPSA) is 15.3 Å². The Morgan fingerprint density at radius 3 is 2.50 bits per heavy atom. The second kappa shape index (κ2) is 9.12. The van der Waals surface area contributed by atoms with Gasteiger partial charge in [0, 0.05) is 12.6 Å². The summed E-state index contributed by atoms with van der Waals surface area (Å²) < 4.78 is 0. The van der Waals surface area contributed by atoms with E-state index in [0.717, 1.165) is 13.0 Å². The van der Waals surface area contributed by atoms with Crippen molar-refractivity contribution in [1.82, 2.24) is 10.2 Å². The van der Waals surface area contributed by atoms with Crippen molar-refractivity contribution >= 4 is 0 Å². The maximum atomic E-state index is 3.29. The van der Waals surface area contributed by atoms with Gasteiger partial charge in [-0.2, -0.15) is 0 Å². The molecule has 0 radical (unpaired) electrons. The smallest absolute Gasteiger partial charge is 0.00357 e. The SMILES string of the molecule is CNC(C)CCCCN(C)CCc1ccccc1. The van der Waals surface area contributed by atoms with E-state index in [1.807, 2.05) is 7.05 Å². The molecule has 1 aromatic rings. The van der Waals surface area contributed by atoms with Crippen LogP contribution in [0.2, 0.25) is 0 Å². The number of benzene rings is 1. The van der Waals surface area contributed by atoms with E-state index < -0.39 is 0 Å². The van der Waals surface area contributed by atoms with Crippen LogP contribution in [0.3, 0.4) is 0 Å². The molecule has 1 unspecified atom stereocenters. The van der Waals surface area contributed by atoms with E-state index in [9.17, 15) is 0 Å². The molecule has 0 aliphatic heterocycles. The van der Waals surface area contributed by atoms with E-state index in [1.54, 1.807) is 0 Å². The molecule has 0 heterocycles. The Morgan fingerprint density at radius 2 is 1.83 bits per heavy atom. The van der Waals surface area contributed by atoms with E-state index in [0.29, 0.717) is 6.04 Å². The lowest BCUT2D eigenvalue weighted by atomic mass is 10.1.